The van der Waals surface area contributed by atoms with Gasteiger partial charge in [0.2, 0.25) is 0 Å². The van der Waals surface area contributed by atoms with Crippen LogP contribution < -0.4 is 27.1 Å². The van der Waals surface area contributed by atoms with E-state index in [0.717, 1.165) is 0 Å². The van der Waals surface area contributed by atoms with E-state index < -0.39 is 17.2 Å². The van der Waals surface area contributed by atoms with E-state index in [4.69, 9.17) is 27.1 Å². The number of halogens is 2. The average molecular weight is 902 g/mol. The molecule has 0 radical (unpaired) electrons. The Balaban J connectivity index is 0.000000236. The van der Waals surface area contributed by atoms with Crippen LogP contribution in [0.1, 0.15) is 0 Å². The van der Waals surface area contributed by atoms with Crippen LogP contribution in [0, 0.1) is 12.1 Å². The minimum absolute atomic E-state index is 0.584. The largest absolute Gasteiger partial charge is 0.528 e. The summed E-state index contributed by atoms with van der Waals surface area (Å²) in [4.78, 5) is 0. The molecule has 0 aliphatic heterocycles. The molecule has 0 bridgehead atoms. The smallest absolute Gasteiger partial charge is 0.436 e. The van der Waals surface area contributed by atoms with Crippen molar-refractivity contribution in [2.45, 2.75) is 0 Å². The molecule has 0 aliphatic carbocycles. The molecule has 6 aromatic carbocycles. The SMILES string of the molecule is [Cl][Pd+].[Cl][Pd+].[c-]1ccccc1OP(Oc1ccccc1)Oc1ccccc1.[c-]1ccccc1OP(Oc1ccccc1)Oc1ccccc1. The van der Waals surface area contributed by atoms with Gasteiger partial charge in [-0.3, -0.25) is 0 Å². The maximum atomic E-state index is 5.82. The molecule has 12 heteroatoms. The second-order valence-corrected chi connectivity index (χ2v) is 10.7. The van der Waals surface area contributed by atoms with E-state index in [1.807, 2.05) is 158 Å². The first-order chi connectivity index (χ1) is 23.8. The molecule has 0 atom stereocenters. The zero-order chi connectivity index (χ0) is 34.1. The third-order valence-electron chi connectivity index (χ3n) is 5.40. The molecule has 252 valence electrons. The van der Waals surface area contributed by atoms with Gasteiger partial charge < -0.3 is 27.1 Å². The molecule has 48 heavy (non-hydrogen) atoms. The van der Waals surface area contributed by atoms with Gasteiger partial charge in [0, 0.05) is 11.5 Å². The summed E-state index contributed by atoms with van der Waals surface area (Å²) in [7, 11) is 5.74. The maximum absolute atomic E-state index is 5.82. The third kappa shape index (κ3) is 15.9. The van der Waals surface area contributed by atoms with Crippen molar-refractivity contribution in [2.24, 2.45) is 0 Å². The van der Waals surface area contributed by atoms with E-state index in [2.05, 4.69) is 67.6 Å². The van der Waals surface area contributed by atoms with Crippen LogP contribution >= 0.6 is 36.3 Å². The Morgan fingerprint density at radius 2 is 0.583 bits per heavy atom. The third-order valence-corrected chi connectivity index (χ3v) is 7.53. The second-order valence-electron chi connectivity index (χ2n) is 8.70. The van der Waals surface area contributed by atoms with Crippen molar-refractivity contribution < 1.29 is 63.5 Å². The van der Waals surface area contributed by atoms with E-state index in [1.165, 1.54) is 0 Å². The van der Waals surface area contributed by atoms with Gasteiger partial charge in [-0.15, -0.1) is 24.3 Å². The summed E-state index contributed by atoms with van der Waals surface area (Å²) in [6, 6.07) is 58.6. The van der Waals surface area contributed by atoms with Crippen molar-refractivity contribution in [2.75, 3.05) is 0 Å². The predicted molar refractivity (Wildman–Crippen MR) is 186 cm³/mol. The summed E-state index contributed by atoms with van der Waals surface area (Å²) >= 11 is 4.44. The molecular formula is C36H28Cl2O6P2Pd2. The van der Waals surface area contributed by atoms with Gasteiger partial charge in [0.15, 0.2) is 0 Å². The maximum Gasteiger partial charge on any atom is 0.528 e. The quantitative estimate of drug-likeness (QED) is 0.0693. The molecule has 0 saturated carbocycles. The Labute approximate surface area is 314 Å². The van der Waals surface area contributed by atoms with Gasteiger partial charge in [-0.2, -0.15) is 36.4 Å². The van der Waals surface area contributed by atoms with Crippen molar-refractivity contribution in [1.82, 2.24) is 0 Å². The molecule has 0 spiro atoms. The molecule has 0 unspecified atom stereocenters. The van der Waals surface area contributed by atoms with Crippen molar-refractivity contribution in [3.63, 3.8) is 0 Å². The van der Waals surface area contributed by atoms with E-state index in [0.29, 0.717) is 34.5 Å². The number of hydrogen-bond acceptors (Lipinski definition) is 6. The number of rotatable bonds is 12. The molecule has 6 nitrogen and oxygen atoms in total. The van der Waals surface area contributed by atoms with E-state index >= 15 is 0 Å². The summed E-state index contributed by atoms with van der Waals surface area (Å²) in [5.74, 6) is 3.95. The number of hydrogen-bond donors (Lipinski definition) is 0. The fraction of sp³-hybridized carbons (Fsp3) is 0. The Kier molecular flexibility index (Phi) is 20.4. The van der Waals surface area contributed by atoms with Gasteiger partial charge >= 0.3 is 72.6 Å². The van der Waals surface area contributed by atoms with Gasteiger partial charge in [0.25, 0.3) is 0 Å². The minimum atomic E-state index is -1.62. The summed E-state index contributed by atoms with van der Waals surface area (Å²) in [5, 5.41) is 0. The predicted octanol–water partition coefficient (Wildman–Crippen LogP) is 11.9. The molecule has 6 aromatic rings. The molecular weight excluding hydrogens is 874 g/mol. The van der Waals surface area contributed by atoms with Crippen molar-refractivity contribution in [3.8, 4) is 34.5 Å². The summed E-state index contributed by atoms with van der Waals surface area (Å²) in [6.45, 7) is 0. The van der Waals surface area contributed by atoms with Crippen LogP contribution in [0.15, 0.2) is 170 Å². The number of para-hydroxylation sites is 6. The van der Waals surface area contributed by atoms with E-state index in [9.17, 15) is 0 Å². The summed E-state index contributed by atoms with van der Waals surface area (Å²) in [5.41, 5.74) is 0. The van der Waals surface area contributed by atoms with E-state index in [-0.39, 0.29) is 0 Å². The van der Waals surface area contributed by atoms with Gasteiger partial charge in [0.1, 0.15) is 23.0 Å². The van der Waals surface area contributed by atoms with Crippen LogP contribution in [0.2, 0.25) is 0 Å². The minimum Gasteiger partial charge on any atom is -0.436 e. The first-order valence-corrected chi connectivity index (χ1v) is 20.1. The molecule has 6 rings (SSSR count). The van der Waals surface area contributed by atoms with Gasteiger partial charge in [-0.1, -0.05) is 72.8 Å². The molecule has 0 heterocycles. The fourth-order valence-corrected chi connectivity index (χ4v) is 5.36. The fourth-order valence-electron chi connectivity index (χ4n) is 3.41. The van der Waals surface area contributed by atoms with Crippen LogP contribution in [0.3, 0.4) is 0 Å². The Morgan fingerprint density at radius 3 is 0.812 bits per heavy atom. The average Bonchev–Trinajstić information content (AvgIpc) is 3.16. The van der Waals surface area contributed by atoms with Crippen molar-refractivity contribution in [3.05, 3.63) is 182 Å². The zero-order valence-electron chi connectivity index (χ0n) is 24.9. The van der Waals surface area contributed by atoms with E-state index in [1.54, 1.807) is 12.1 Å². The number of benzene rings is 6. The molecule has 0 aromatic heterocycles. The van der Waals surface area contributed by atoms with Crippen LogP contribution in [-0.2, 0) is 36.4 Å². The molecule has 0 amide bonds. The Morgan fingerprint density at radius 1 is 0.333 bits per heavy atom. The van der Waals surface area contributed by atoms with Crippen LogP contribution in [0.5, 0.6) is 34.5 Å². The monoisotopic (exact) mass is 900 g/mol. The molecule has 0 fully saturated rings. The van der Waals surface area contributed by atoms with Gasteiger partial charge in [-0.25, -0.2) is 0 Å². The normalized spacial score (nSPS) is 9.67. The first kappa shape index (κ1) is 39.3. The molecule has 0 N–H and O–H groups in total. The Bertz CT molecular complexity index is 1300. The zero-order valence-corrected chi connectivity index (χ0v) is 31.3. The topological polar surface area (TPSA) is 55.4 Å². The Hall–Kier alpha value is -3.12. The molecule has 0 aliphatic rings. The van der Waals surface area contributed by atoms with Crippen molar-refractivity contribution in [1.29, 1.82) is 0 Å². The standard InChI is InChI=1S/2C18H14O3P.2ClH.2Pd/c2*1-4-10-16(11-5-1)19-22(20-17-12-6-2-7-13-17)21-18-14-8-3-9-15-18;;;;/h2*1-14H;2*1H;;/q2*-1;;;2*+2/p-2. The summed E-state index contributed by atoms with van der Waals surface area (Å²) < 4.78 is 34.9. The van der Waals surface area contributed by atoms with Gasteiger partial charge in [0.05, 0.1) is 0 Å². The van der Waals surface area contributed by atoms with Crippen molar-refractivity contribution >= 4 is 36.3 Å². The van der Waals surface area contributed by atoms with Crippen LogP contribution in [-0.4, -0.2) is 0 Å². The molecule has 0 saturated heterocycles. The van der Waals surface area contributed by atoms with Crippen LogP contribution in [0.4, 0.5) is 0 Å². The van der Waals surface area contributed by atoms with Crippen LogP contribution in [0.25, 0.3) is 0 Å². The summed E-state index contributed by atoms with van der Waals surface area (Å²) in [6.07, 6.45) is 0. The second kappa shape index (κ2) is 24.9. The first-order valence-electron chi connectivity index (χ1n) is 13.9. The van der Waals surface area contributed by atoms with Gasteiger partial charge in [-0.05, 0) is 48.5 Å².